The molecule has 4 nitrogen and oxygen atoms in total. The third kappa shape index (κ3) is 2.17. The first-order valence-electron chi connectivity index (χ1n) is 8.03. The van der Waals surface area contributed by atoms with Crippen molar-refractivity contribution in [1.82, 2.24) is 15.2 Å². The fraction of sp³-hybridized carbons (Fsp3) is 0.105. The Morgan fingerprint density at radius 1 is 0.958 bits per heavy atom. The Balaban J connectivity index is 2.00. The lowest BCUT2D eigenvalue weighted by molar-refractivity contribution is 0.0746. The lowest BCUT2D eigenvalue weighted by Crippen LogP contribution is -2.60. The van der Waals surface area contributed by atoms with E-state index in [1.165, 1.54) is 5.00 Å². The molecule has 0 radical (unpaired) electrons. The van der Waals surface area contributed by atoms with Gasteiger partial charge in [-0.25, -0.2) is 0 Å². The van der Waals surface area contributed by atoms with Crippen LogP contribution in [0.25, 0.3) is 0 Å². The maximum Gasteiger partial charge on any atom is 0.285 e. The van der Waals surface area contributed by atoms with E-state index < -0.39 is 0 Å². The lowest BCUT2D eigenvalue weighted by atomic mass is 10.1. The van der Waals surface area contributed by atoms with Crippen molar-refractivity contribution < 1.29 is 0 Å². The second-order valence-corrected chi connectivity index (χ2v) is 6.47. The highest BCUT2D eigenvalue weighted by Crippen LogP contribution is 2.43. The first kappa shape index (κ1) is 15.1. The number of benzene rings is 2. The van der Waals surface area contributed by atoms with E-state index in [0.717, 1.165) is 23.6 Å². The van der Waals surface area contributed by atoms with E-state index >= 15 is 0 Å². The smallest absolute Gasteiger partial charge is 0.189 e. The van der Waals surface area contributed by atoms with Crippen molar-refractivity contribution in [3.63, 3.8) is 0 Å². The molecule has 0 saturated heterocycles. The molecule has 3 aromatic rings. The second kappa shape index (κ2) is 6.20. The maximum atomic E-state index is 4.72. The van der Waals surface area contributed by atoms with Gasteiger partial charge in [0.25, 0.3) is 5.84 Å². The number of hydrogen-bond acceptors (Lipinski definition) is 4. The van der Waals surface area contributed by atoms with Crippen molar-refractivity contribution in [3.8, 4) is 0 Å². The van der Waals surface area contributed by atoms with E-state index in [1.807, 2.05) is 12.1 Å². The molecule has 1 aliphatic heterocycles. The molecule has 0 fully saturated rings. The van der Waals surface area contributed by atoms with E-state index in [9.17, 15) is 0 Å². The topological polar surface area (TPSA) is 27.6 Å². The van der Waals surface area contributed by atoms with Gasteiger partial charge in [-0.15, -0.1) is 9.69 Å². The number of rotatable bonds is 4. The minimum atomic E-state index is 0.457. The summed E-state index contributed by atoms with van der Waals surface area (Å²) < 4.78 is 0.457. The number of nitrogens with one attached hydrogen (secondary N) is 1. The Labute approximate surface area is 145 Å². The summed E-state index contributed by atoms with van der Waals surface area (Å²) in [6.45, 7) is 2.95. The molecule has 0 bridgehead atoms. The second-order valence-electron chi connectivity index (χ2n) is 5.54. The summed E-state index contributed by atoms with van der Waals surface area (Å²) in [5, 5.41) is 10.2. The van der Waals surface area contributed by atoms with Crippen LogP contribution in [0, 0.1) is 0 Å². The summed E-state index contributed by atoms with van der Waals surface area (Å²) in [6.07, 6.45) is 0. The molecule has 0 spiro atoms. The van der Waals surface area contributed by atoms with Gasteiger partial charge >= 0.3 is 0 Å². The summed E-state index contributed by atoms with van der Waals surface area (Å²) in [7, 11) is 0. The molecule has 1 N–H and O–H groups in total. The molecule has 4 rings (SSSR count). The van der Waals surface area contributed by atoms with Gasteiger partial charge in [0, 0.05) is 18.2 Å². The van der Waals surface area contributed by atoms with Crippen molar-refractivity contribution in [2.24, 2.45) is 5.10 Å². The van der Waals surface area contributed by atoms with Crippen LogP contribution in [-0.2, 0) is 0 Å². The zero-order chi connectivity index (χ0) is 16.4. The van der Waals surface area contributed by atoms with Gasteiger partial charge in [-0.2, -0.15) is 5.53 Å². The zero-order valence-electron chi connectivity index (χ0n) is 13.5. The number of thiophene rings is 1. The summed E-state index contributed by atoms with van der Waals surface area (Å²) in [6, 6.07) is 25.2. The van der Waals surface area contributed by atoms with Crippen LogP contribution >= 0.6 is 11.3 Å². The Morgan fingerprint density at radius 3 is 2.29 bits per heavy atom. The molecule has 2 heterocycles. The maximum absolute atomic E-state index is 4.72. The third-order valence-corrected chi connectivity index (χ3v) is 5.16. The highest BCUT2D eigenvalue weighted by molar-refractivity contribution is 7.14. The van der Waals surface area contributed by atoms with E-state index in [4.69, 9.17) is 5.10 Å². The molecule has 0 amide bonds. The van der Waals surface area contributed by atoms with Crippen LogP contribution in [-0.4, -0.2) is 17.5 Å². The average Bonchev–Trinajstić information content (AvgIpc) is 3.31. The summed E-state index contributed by atoms with van der Waals surface area (Å²) in [5.41, 5.74) is 5.50. The predicted molar refractivity (Wildman–Crippen MR) is 101 cm³/mol. The van der Waals surface area contributed by atoms with E-state index in [2.05, 4.69) is 83.6 Å². The fourth-order valence-electron chi connectivity index (χ4n) is 3.19. The molecule has 1 unspecified atom stereocenters. The van der Waals surface area contributed by atoms with Crippen molar-refractivity contribution in [1.29, 1.82) is 0 Å². The summed E-state index contributed by atoms with van der Waals surface area (Å²) in [4.78, 5) is 0. The molecule has 0 aliphatic carbocycles. The average molecular weight is 335 g/mol. The Hall–Kier alpha value is -2.47. The number of hydrazone groups is 1. The SMILES string of the molecule is CCN1NN=C(c2ccccc2)[N+]1(c1ccccc1)c1cccs1. The molecule has 120 valence electrons. The van der Waals surface area contributed by atoms with Crippen molar-refractivity contribution in [2.45, 2.75) is 6.92 Å². The van der Waals surface area contributed by atoms with E-state index in [-0.39, 0.29) is 0 Å². The summed E-state index contributed by atoms with van der Waals surface area (Å²) in [5.74, 6) is 0.978. The standard InChI is InChI=1S/C19H19N4S/c1-2-22-21-20-19(16-10-5-3-6-11-16)23(22,18-14-9-15-24-18)17-12-7-4-8-13-17/h3-15,21H,2H2,1H3/q+1. The van der Waals surface area contributed by atoms with E-state index in [0.29, 0.717) is 4.59 Å². The van der Waals surface area contributed by atoms with Gasteiger partial charge in [0.2, 0.25) is 5.00 Å². The van der Waals surface area contributed by atoms with Gasteiger partial charge in [-0.05, 0) is 35.6 Å². The molecular formula is C19H19N4S+. The number of para-hydroxylation sites is 1. The highest BCUT2D eigenvalue weighted by Gasteiger charge is 2.51. The molecule has 5 heteroatoms. The first-order valence-corrected chi connectivity index (χ1v) is 8.91. The van der Waals surface area contributed by atoms with Crippen LogP contribution < -0.4 is 10.1 Å². The number of amidine groups is 1. The van der Waals surface area contributed by atoms with Crippen molar-refractivity contribution in [2.75, 3.05) is 6.54 Å². The van der Waals surface area contributed by atoms with Gasteiger partial charge in [0.05, 0.1) is 12.1 Å². The van der Waals surface area contributed by atoms with Crippen LogP contribution in [0.4, 0.5) is 10.7 Å². The lowest BCUT2D eigenvalue weighted by Gasteiger charge is -2.36. The van der Waals surface area contributed by atoms with Crippen molar-refractivity contribution >= 4 is 27.9 Å². The molecule has 0 saturated carbocycles. The summed E-state index contributed by atoms with van der Waals surface area (Å²) >= 11 is 1.74. The Bertz CT molecular complexity index is 830. The van der Waals surface area contributed by atoms with Crippen LogP contribution in [0.5, 0.6) is 0 Å². The molecule has 1 aromatic heterocycles. The molecule has 1 aliphatic rings. The van der Waals surface area contributed by atoms with Gasteiger partial charge in [0.1, 0.15) is 0 Å². The first-order chi connectivity index (χ1) is 11.9. The van der Waals surface area contributed by atoms with Crippen LogP contribution in [0.2, 0.25) is 0 Å². The largest absolute Gasteiger partial charge is 0.285 e. The number of hydrazine groups is 1. The van der Waals surface area contributed by atoms with Gasteiger partial charge in [-0.3, -0.25) is 0 Å². The molecular weight excluding hydrogens is 316 g/mol. The Morgan fingerprint density at radius 2 is 1.67 bits per heavy atom. The van der Waals surface area contributed by atoms with E-state index in [1.54, 1.807) is 11.3 Å². The van der Waals surface area contributed by atoms with Crippen molar-refractivity contribution in [3.05, 3.63) is 83.7 Å². The monoisotopic (exact) mass is 335 g/mol. The number of quaternary nitrogens is 1. The highest BCUT2D eigenvalue weighted by atomic mass is 32.1. The third-order valence-electron chi connectivity index (χ3n) is 4.23. The molecule has 2 aromatic carbocycles. The van der Waals surface area contributed by atoms with Gasteiger partial charge in [-0.1, -0.05) is 47.7 Å². The number of nitrogens with zero attached hydrogens (tertiary/aromatic N) is 3. The minimum Gasteiger partial charge on any atom is -0.189 e. The van der Waals surface area contributed by atoms with Gasteiger partial charge < -0.3 is 0 Å². The van der Waals surface area contributed by atoms with Crippen LogP contribution in [0.15, 0.2) is 83.3 Å². The Kier molecular flexibility index (Phi) is 3.90. The number of hydrogen-bond donors (Lipinski definition) is 1. The minimum absolute atomic E-state index is 0.457. The van der Waals surface area contributed by atoms with Crippen LogP contribution in [0.3, 0.4) is 0 Å². The molecule has 1 atom stereocenters. The normalized spacial score (nSPS) is 20.6. The predicted octanol–water partition coefficient (Wildman–Crippen LogP) is 4.50. The van der Waals surface area contributed by atoms with Crippen LogP contribution in [0.1, 0.15) is 12.5 Å². The fourth-order valence-corrected chi connectivity index (χ4v) is 4.09. The quantitative estimate of drug-likeness (QED) is 0.711. The zero-order valence-corrected chi connectivity index (χ0v) is 14.3. The van der Waals surface area contributed by atoms with Gasteiger partial charge in [0.15, 0.2) is 5.69 Å². The molecule has 24 heavy (non-hydrogen) atoms.